The second-order valence-electron chi connectivity index (χ2n) is 4.68. The Morgan fingerprint density at radius 2 is 1.83 bits per heavy atom. The summed E-state index contributed by atoms with van der Waals surface area (Å²) in [6, 6.07) is 6.28. The molecule has 0 saturated carbocycles. The van der Waals surface area contributed by atoms with E-state index in [4.69, 9.17) is 14.6 Å². The van der Waals surface area contributed by atoms with Gasteiger partial charge in [-0.1, -0.05) is 0 Å². The zero-order valence-corrected chi connectivity index (χ0v) is 14.9. The van der Waals surface area contributed by atoms with Gasteiger partial charge in [0.2, 0.25) is 10.0 Å². The van der Waals surface area contributed by atoms with Gasteiger partial charge in [0.1, 0.15) is 4.21 Å². The first-order valence-corrected chi connectivity index (χ1v) is 9.60. The lowest BCUT2D eigenvalue weighted by Crippen LogP contribution is -2.12. The monoisotopic (exact) mass is 370 g/mol. The number of sulfonamides is 1. The zero-order valence-electron chi connectivity index (χ0n) is 13.2. The summed E-state index contributed by atoms with van der Waals surface area (Å²) in [5.41, 5.74) is 0.728. The van der Waals surface area contributed by atoms with Crippen LogP contribution in [0.25, 0.3) is 0 Å². The Hall–Kier alpha value is -2.10. The summed E-state index contributed by atoms with van der Waals surface area (Å²) < 4.78 is 33.4. The maximum atomic E-state index is 12.2. The molecule has 9 heteroatoms. The molecule has 1 aromatic heterocycles. The Kier molecular flexibility index (Phi) is 5.81. The van der Waals surface area contributed by atoms with Crippen LogP contribution >= 0.6 is 11.3 Å². The van der Waals surface area contributed by atoms with Crippen LogP contribution in [0, 0.1) is 0 Å². The molecule has 0 radical (unpaired) electrons. The summed E-state index contributed by atoms with van der Waals surface area (Å²) in [6.07, 6.45) is 0. The third kappa shape index (κ3) is 4.47. The van der Waals surface area contributed by atoms with Gasteiger partial charge in [-0.3, -0.25) is 4.79 Å². The standard InChI is InChI=1S/C15H18N2O5S2/c1-3-21-12-6-5-11(8-13(12)22-4-2)17-15(18)10-7-14(23-9-10)24(16,19)20/h5-9H,3-4H2,1-2H3,(H,17,18)(H2,16,19,20). The van der Waals surface area contributed by atoms with Crippen LogP contribution in [-0.2, 0) is 10.0 Å². The van der Waals surface area contributed by atoms with Gasteiger partial charge in [0.25, 0.3) is 5.91 Å². The second-order valence-corrected chi connectivity index (χ2v) is 7.38. The van der Waals surface area contributed by atoms with Crippen LogP contribution in [-0.4, -0.2) is 27.5 Å². The lowest BCUT2D eigenvalue weighted by Gasteiger charge is -2.12. The molecule has 3 N–H and O–H groups in total. The molecule has 2 aromatic rings. The van der Waals surface area contributed by atoms with Crippen LogP contribution in [0.1, 0.15) is 24.2 Å². The summed E-state index contributed by atoms with van der Waals surface area (Å²) in [5.74, 6) is 0.671. The van der Waals surface area contributed by atoms with E-state index in [-0.39, 0.29) is 9.77 Å². The highest BCUT2D eigenvalue weighted by Crippen LogP contribution is 2.31. The first-order chi connectivity index (χ1) is 11.3. The van der Waals surface area contributed by atoms with Crippen LogP contribution in [0.3, 0.4) is 0 Å². The smallest absolute Gasteiger partial charge is 0.256 e. The van der Waals surface area contributed by atoms with Crippen molar-refractivity contribution in [1.29, 1.82) is 0 Å². The summed E-state index contributed by atoms with van der Waals surface area (Å²) in [7, 11) is -3.81. The Balaban J connectivity index is 2.19. The maximum Gasteiger partial charge on any atom is 0.256 e. The normalized spacial score (nSPS) is 11.1. The summed E-state index contributed by atoms with van der Waals surface area (Å²) in [5, 5.41) is 9.17. The third-order valence-electron chi connectivity index (χ3n) is 2.92. The fourth-order valence-electron chi connectivity index (χ4n) is 1.92. The van der Waals surface area contributed by atoms with Gasteiger partial charge in [-0.05, 0) is 32.0 Å². The van der Waals surface area contributed by atoms with Gasteiger partial charge in [-0.2, -0.15) is 0 Å². The molecule has 1 heterocycles. The molecule has 24 heavy (non-hydrogen) atoms. The minimum absolute atomic E-state index is 0.0608. The lowest BCUT2D eigenvalue weighted by molar-refractivity contribution is 0.102. The van der Waals surface area contributed by atoms with Crippen molar-refractivity contribution in [3.8, 4) is 11.5 Å². The minimum atomic E-state index is -3.81. The van der Waals surface area contributed by atoms with Gasteiger partial charge in [0.15, 0.2) is 11.5 Å². The first-order valence-electron chi connectivity index (χ1n) is 7.17. The molecule has 0 aliphatic heterocycles. The van der Waals surface area contributed by atoms with Crippen molar-refractivity contribution in [2.24, 2.45) is 5.14 Å². The van der Waals surface area contributed by atoms with Gasteiger partial charge in [-0.15, -0.1) is 11.3 Å². The van der Waals surface area contributed by atoms with Crippen molar-refractivity contribution in [2.75, 3.05) is 18.5 Å². The van der Waals surface area contributed by atoms with Crippen LogP contribution in [0.2, 0.25) is 0 Å². The SMILES string of the molecule is CCOc1ccc(NC(=O)c2csc(S(N)(=O)=O)c2)cc1OCC. The predicted octanol–water partition coefficient (Wildman–Crippen LogP) is 2.45. The molecule has 1 aromatic carbocycles. The molecule has 0 spiro atoms. The van der Waals surface area contributed by atoms with Crippen LogP contribution in [0.4, 0.5) is 5.69 Å². The number of ether oxygens (including phenoxy) is 2. The minimum Gasteiger partial charge on any atom is -0.490 e. The van der Waals surface area contributed by atoms with E-state index in [2.05, 4.69) is 5.32 Å². The lowest BCUT2D eigenvalue weighted by atomic mass is 10.2. The molecule has 130 valence electrons. The van der Waals surface area contributed by atoms with E-state index < -0.39 is 15.9 Å². The average molecular weight is 370 g/mol. The first kappa shape index (κ1) is 18.2. The van der Waals surface area contributed by atoms with Crippen molar-refractivity contribution in [2.45, 2.75) is 18.1 Å². The van der Waals surface area contributed by atoms with E-state index in [0.717, 1.165) is 11.3 Å². The van der Waals surface area contributed by atoms with Crippen molar-refractivity contribution < 1.29 is 22.7 Å². The fraction of sp³-hybridized carbons (Fsp3) is 0.267. The Morgan fingerprint density at radius 1 is 1.17 bits per heavy atom. The topological polar surface area (TPSA) is 108 Å². The molecular formula is C15H18N2O5S2. The van der Waals surface area contributed by atoms with E-state index in [1.807, 2.05) is 13.8 Å². The van der Waals surface area contributed by atoms with Crippen molar-refractivity contribution >= 4 is 33.0 Å². The highest BCUT2D eigenvalue weighted by atomic mass is 32.2. The Bertz CT molecular complexity index is 830. The van der Waals surface area contributed by atoms with E-state index in [0.29, 0.717) is 30.4 Å². The van der Waals surface area contributed by atoms with E-state index in [9.17, 15) is 13.2 Å². The molecule has 0 atom stereocenters. The van der Waals surface area contributed by atoms with Crippen molar-refractivity contribution in [1.82, 2.24) is 0 Å². The molecule has 0 bridgehead atoms. The van der Waals surface area contributed by atoms with Gasteiger partial charge < -0.3 is 14.8 Å². The molecular weight excluding hydrogens is 352 g/mol. The molecule has 0 saturated heterocycles. The number of amides is 1. The molecule has 0 fully saturated rings. The summed E-state index contributed by atoms with van der Waals surface area (Å²) >= 11 is 0.897. The number of hydrogen-bond acceptors (Lipinski definition) is 6. The molecule has 7 nitrogen and oxygen atoms in total. The third-order valence-corrected chi connectivity index (χ3v) is 5.31. The van der Waals surface area contributed by atoms with E-state index in [1.165, 1.54) is 11.4 Å². The molecule has 2 rings (SSSR count). The highest BCUT2D eigenvalue weighted by molar-refractivity contribution is 7.91. The fourth-order valence-corrected chi connectivity index (χ4v) is 3.50. The number of hydrogen-bond donors (Lipinski definition) is 2. The molecule has 0 unspecified atom stereocenters. The number of carbonyl (C=O) groups excluding carboxylic acids is 1. The van der Waals surface area contributed by atoms with Crippen molar-refractivity contribution in [3.05, 3.63) is 35.2 Å². The second kappa shape index (κ2) is 7.65. The van der Waals surface area contributed by atoms with Gasteiger partial charge >= 0.3 is 0 Å². The van der Waals surface area contributed by atoms with Gasteiger partial charge in [0, 0.05) is 17.1 Å². The van der Waals surface area contributed by atoms with E-state index >= 15 is 0 Å². The number of carbonyl (C=O) groups is 1. The van der Waals surface area contributed by atoms with Gasteiger partial charge in [-0.25, -0.2) is 13.6 Å². The predicted molar refractivity (Wildman–Crippen MR) is 92.4 cm³/mol. The maximum absolute atomic E-state index is 12.2. The number of benzene rings is 1. The number of primary sulfonamides is 1. The number of nitrogens with one attached hydrogen (secondary N) is 1. The quantitative estimate of drug-likeness (QED) is 0.778. The molecule has 0 aliphatic rings. The van der Waals surface area contributed by atoms with Crippen LogP contribution in [0.15, 0.2) is 33.9 Å². The number of anilines is 1. The Labute approximate surface area is 144 Å². The number of thiophene rings is 1. The number of nitrogens with two attached hydrogens (primary N) is 1. The van der Waals surface area contributed by atoms with Crippen molar-refractivity contribution in [3.63, 3.8) is 0 Å². The highest BCUT2D eigenvalue weighted by Gasteiger charge is 2.16. The Morgan fingerprint density at radius 3 is 2.42 bits per heavy atom. The van der Waals surface area contributed by atoms with Crippen LogP contribution < -0.4 is 19.9 Å². The average Bonchev–Trinajstić information content (AvgIpc) is 3.00. The summed E-state index contributed by atoms with van der Waals surface area (Å²) in [4.78, 5) is 12.2. The molecule has 1 amide bonds. The summed E-state index contributed by atoms with van der Waals surface area (Å²) in [6.45, 7) is 4.67. The zero-order chi connectivity index (χ0) is 17.7. The van der Waals surface area contributed by atoms with Gasteiger partial charge in [0.05, 0.1) is 18.8 Å². The number of rotatable bonds is 7. The van der Waals surface area contributed by atoms with E-state index in [1.54, 1.807) is 18.2 Å². The van der Waals surface area contributed by atoms with Crippen LogP contribution in [0.5, 0.6) is 11.5 Å². The molecule has 0 aliphatic carbocycles. The largest absolute Gasteiger partial charge is 0.490 e.